The molecule has 0 aliphatic carbocycles. The zero-order valence-electron chi connectivity index (χ0n) is 32.1. The lowest BCUT2D eigenvalue weighted by molar-refractivity contribution is -0.151. The van der Waals surface area contributed by atoms with Gasteiger partial charge in [-0.1, -0.05) is 113 Å². The Morgan fingerprint density at radius 1 is 1.13 bits per heavy atom. The van der Waals surface area contributed by atoms with Gasteiger partial charge in [-0.25, -0.2) is 0 Å². The number of hydrogen-bond acceptors (Lipinski definition) is 6. The molecule has 0 aromatic heterocycles. The third-order valence-corrected chi connectivity index (χ3v) is 16.4. The first kappa shape index (κ1) is 42.8. The summed E-state index contributed by atoms with van der Waals surface area (Å²) >= 11 is 0. The zero-order valence-corrected chi connectivity index (χ0v) is 33.1. The molecule has 0 fully saturated rings. The van der Waals surface area contributed by atoms with Crippen LogP contribution in [0.25, 0.3) is 0 Å². The van der Waals surface area contributed by atoms with Gasteiger partial charge < -0.3 is 24.1 Å². The Bertz CT molecular complexity index is 990. The van der Waals surface area contributed by atoms with E-state index in [1.807, 2.05) is 38.2 Å². The van der Waals surface area contributed by atoms with Gasteiger partial charge in [0.15, 0.2) is 8.32 Å². The molecular weight excluding hydrogens is 593 g/mol. The lowest BCUT2D eigenvalue weighted by Crippen LogP contribution is -2.45. The number of carbonyl (C=O) groups is 1. The van der Waals surface area contributed by atoms with Crippen molar-refractivity contribution < 1.29 is 28.9 Å². The fourth-order valence-electron chi connectivity index (χ4n) is 7.01. The highest BCUT2D eigenvalue weighted by Gasteiger charge is 2.39. The molecule has 0 saturated heterocycles. The van der Waals surface area contributed by atoms with Gasteiger partial charge in [0.05, 0.1) is 30.8 Å². The maximum atomic E-state index is 13.6. The summed E-state index contributed by atoms with van der Waals surface area (Å²) in [5.41, 5.74) is 0.792. The Kier molecular flexibility index (Phi) is 17.7. The number of cyclic esters (lactones) is 1. The van der Waals surface area contributed by atoms with E-state index in [4.69, 9.17) is 13.9 Å². The molecule has 46 heavy (non-hydrogen) atoms. The van der Waals surface area contributed by atoms with E-state index in [1.54, 1.807) is 7.11 Å². The minimum absolute atomic E-state index is 0.106. The van der Waals surface area contributed by atoms with E-state index >= 15 is 0 Å². The number of rotatable bonds is 15. The molecule has 0 aromatic rings. The molecule has 2 N–H and O–H groups in total. The largest absolute Gasteiger partial charge is 0.457 e. The minimum atomic E-state index is -2.04. The van der Waals surface area contributed by atoms with Crippen LogP contribution >= 0.6 is 0 Å². The van der Waals surface area contributed by atoms with E-state index in [0.717, 1.165) is 30.5 Å². The van der Waals surface area contributed by atoms with Crippen LogP contribution in [0, 0.1) is 28.6 Å². The van der Waals surface area contributed by atoms with Crippen molar-refractivity contribution >= 4 is 14.3 Å². The van der Waals surface area contributed by atoms with Crippen molar-refractivity contribution in [3.8, 4) is 0 Å². The third-order valence-electron chi connectivity index (χ3n) is 11.1. The average Bonchev–Trinajstić information content (AvgIpc) is 2.98. The number of aliphatic hydroxyl groups is 2. The predicted octanol–water partition coefficient (Wildman–Crippen LogP) is 9.42. The topological polar surface area (TPSA) is 85.2 Å². The number of methoxy groups -OCH3 is 1. The molecule has 1 aliphatic rings. The van der Waals surface area contributed by atoms with Gasteiger partial charge in [-0.05, 0) is 78.5 Å². The molecule has 8 atom stereocenters. The normalized spacial score (nSPS) is 27.4. The van der Waals surface area contributed by atoms with Crippen molar-refractivity contribution in [1.82, 2.24) is 0 Å². The van der Waals surface area contributed by atoms with Gasteiger partial charge in [0.25, 0.3) is 0 Å². The molecule has 7 heteroatoms. The number of aliphatic hydroxyl groups excluding tert-OH is 2. The molecule has 0 saturated carbocycles. The van der Waals surface area contributed by atoms with Crippen molar-refractivity contribution in [3.05, 3.63) is 36.0 Å². The van der Waals surface area contributed by atoms with Crippen LogP contribution in [0.1, 0.15) is 122 Å². The van der Waals surface area contributed by atoms with Crippen LogP contribution in [0.3, 0.4) is 0 Å². The standard InChI is InChI=1S/C39H72O6Si/c1-15-34(43-14)31(9)30(8)33(40)26-38(10,11)23-18-19-28(6)37-29(7)20-21-35(41)39(12,13)24-22-32(25-36(42)44-37)45-46(16-2,17-3)27(4)5/h18-21,23,27,29-35,37,40-41H,15-17,22,24-26H2,1-14H3/b21-20+,23-18+,28-19+. The molecule has 6 nitrogen and oxygen atoms in total. The van der Waals surface area contributed by atoms with Crippen molar-refractivity contribution in [2.75, 3.05) is 7.11 Å². The van der Waals surface area contributed by atoms with Crippen LogP contribution in [-0.4, -0.2) is 62.1 Å². The maximum absolute atomic E-state index is 13.6. The first-order chi connectivity index (χ1) is 21.3. The highest BCUT2D eigenvalue weighted by Crippen LogP contribution is 2.37. The Balaban J connectivity index is 3.26. The second kappa shape index (κ2) is 19.1. The molecule has 1 heterocycles. The molecule has 0 spiro atoms. The molecule has 268 valence electrons. The minimum Gasteiger partial charge on any atom is -0.457 e. The van der Waals surface area contributed by atoms with Gasteiger partial charge in [0, 0.05) is 13.0 Å². The van der Waals surface area contributed by atoms with Gasteiger partial charge in [0.1, 0.15) is 6.10 Å². The molecule has 0 radical (unpaired) electrons. The Labute approximate surface area is 284 Å². The molecule has 8 unspecified atom stereocenters. The first-order valence-corrected chi connectivity index (χ1v) is 20.5. The van der Waals surface area contributed by atoms with Crippen LogP contribution in [0.4, 0.5) is 0 Å². The Morgan fingerprint density at radius 3 is 2.26 bits per heavy atom. The zero-order chi connectivity index (χ0) is 35.5. The monoisotopic (exact) mass is 665 g/mol. The Hall–Kier alpha value is -1.25. The maximum Gasteiger partial charge on any atom is 0.308 e. The molecule has 0 aromatic carbocycles. The summed E-state index contributed by atoms with van der Waals surface area (Å²) in [5, 5.41) is 22.3. The van der Waals surface area contributed by atoms with Gasteiger partial charge in [0.2, 0.25) is 0 Å². The lowest BCUT2D eigenvalue weighted by Gasteiger charge is -2.39. The number of carbonyl (C=O) groups excluding carboxylic acids is 1. The van der Waals surface area contributed by atoms with E-state index in [-0.39, 0.29) is 53.2 Å². The van der Waals surface area contributed by atoms with Crippen molar-refractivity contribution in [1.29, 1.82) is 0 Å². The van der Waals surface area contributed by atoms with Crippen LogP contribution in [0.5, 0.6) is 0 Å². The fraction of sp³-hybridized carbons (Fsp3) is 0.821. The van der Waals surface area contributed by atoms with Crippen LogP contribution < -0.4 is 0 Å². The number of esters is 1. The number of allylic oxidation sites excluding steroid dienone is 3. The SMILES string of the molecule is CCC(OC)C(C)C(C)C(O)CC(C)(C)/C=C/C=C(\C)C1OC(=O)CC(O[Si](CC)(CC)C(C)C)CCC(C)(C)C(O)/C=C/C1C. The molecule has 1 aliphatic heterocycles. The van der Waals surface area contributed by atoms with Crippen molar-refractivity contribution in [3.63, 3.8) is 0 Å². The summed E-state index contributed by atoms with van der Waals surface area (Å²) in [7, 11) is -0.300. The van der Waals surface area contributed by atoms with E-state index in [1.165, 1.54) is 0 Å². The second-order valence-electron chi connectivity index (χ2n) is 15.9. The lowest BCUT2D eigenvalue weighted by atomic mass is 9.77. The van der Waals surface area contributed by atoms with Gasteiger partial charge in [-0.2, -0.15) is 0 Å². The van der Waals surface area contributed by atoms with E-state index in [0.29, 0.717) is 18.4 Å². The second-order valence-corrected chi connectivity index (χ2v) is 20.9. The highest BCUT2D eigenvalue weighted by molar-refractivity contribution is 6.75. The van der Waals surface area contributed by atoms with Gasteiger partial charge in [-0.15, -0.1) is 0 Å². The predicted molar refractivity (Wildman–Crippen MR) is 195 cm³/mol. The smallest absolute Gasteiger partial charge is 0.308 e. The fourth-order valence-corrected chi connectivity index (χ4v) is 10.6. The summed E-state index contributed by atoms with van der Waals surface area (Å²) in [6, 6.07) is 2.01. The van der Waals surface area contributed by atoms with Gasteiger partial charge in [-0.3, -0.25) is 4.79 Å². The van der Waals surface area contributed by atoms with Crippen LogP contribution in [0.15, 0.2) is 36.0 Å². The van der Waals surface area contributed by atoms with E-state index < -0.39 is 26.6 Å². The Morgan fingerprint density at radius 2 is 1.74 bits per heavy atom. The third kappa shape index (κ3) is 12.6. The number of ether oxygens (including phenoxy) is 2. The summed E-state index contributed by atoms with van der Waals surface area (Å²) in [6.45, 7) is 27.8. The first-order valence-electron chi connectivity index (χ1n) is 18.1. The number of hydrogen-bond donors (Lipinski definition) is 2. The summed E-state index contributed by atoms with van der Waals surface area (Å²) in [5.74, 6) is -0.0100. The average molecular weight is 665 g/mol. The van der Waals surface area contributed by atoms with Gasteiger partial charge >= 0.3 is 5.97 Å². The molecular formula is C39H72O6Si. The molecule has 0 bridgehead atoms. The quantitative estimate of drug-likeness (QED) is 0.0785. The summed E-state index contributed by atoms with van der Waals surface area (Å²) < 4.78 is 18.8. The van der Waals surface area contributed by atoms with Crippen LogP contribution in [0.2, 0.25) is 17.6 Å². The van der Waals surface area contributed by atoms with E-state index in [9.17, 15) is 15.0 Å². The van der Waals surface area contributed by atoms with E-state index in [2.05, 4.69) is 82.2 Å². The summed E-state index contributed by atoms with van der Waals surface area (Å²) in [6.07, 6.45) is 11.6. The highest BCUT2D eigenvalue weighted by atomic mass is 28.4. The van der Waals surface area contributed by atoms with Crippen LogP contribution in [-0.2, 0) is 18.7 Å². The summed E-state index contributed by atoms with van der Waals surface area (Å²) in [4.78, 5) is 13.6. The molecule has 1 rings (SSSR count). The molecule has 0 amide bonds. The van der Waals surface area contributed by atoms with Crippen molar-refractivity contribution in [2.45, 2.75) is 170 Å². The van der Waals surface area contributed by atoms with Crippen molar-refractivity contribution in [2.24, 2.45) is 28.6 Å².